The predicted octanol–water partition coefficient (Wildman–Crippen LogP) is 2.66. The van der Waals surface area contributed by atoms with Crippen molar-refractivity contribution in [3.63, 3.8) is 0 Å². The molecule has 0 unspecified atom stereocenters. The Morgan fingerprint density at radius 1 is 1.33 bits per heavy atom. The molecule has 0 saturated carbocycles. The summed E-state index contributed by atoms with van der Waals surface area (Å²) in [5.74, 6) is 0. The summed E-state index contributed by atoms with van der Waals surface area (Å²) in [5, 5.41) is 4.29. The number of benzene rings is 1. The molecule has 1 atom stereocenters. The summed E-state index contributed by atoms with van der Waals surface area (Å²) < 4.78 is 7.23. The first-order chi connectivity index (χ1) is 11.6. The van der Waals surface area contributed by atoms with E-state index < -0.39 is 0 Å². The zero-order valence-corrected chi connectivity index (χ0v) is 14.6. The lowest BCUT2D eigenvalue weighted by Crippen LogP contribution is -2.28. The minimum atomic E-state index is -0.263. The van der Waals surface area contributed by atoms with E-state index in [4.69, 9.17) is 16.3 Å². The van der Waals surface area contributed by atoms with Crippen LogP contribution in [0.3, 0.4) is 0 Å². The lowest BCUT2D eigenvalue weighted by atomic mass is 10.1. The molecule has 0 radical (unpaired) electrons. The molecule has 6 heteroatoms. The highest BCUT2D eigenvalue weighted by atomic mass is 35.5. The number of anilines is 1. The van der Waals surface area contributed by atoms with Crippen molar-refractivity contribution in [1.82, 2.24) is 9.78 Å². The van der Waals surface area contributed by atoms with Gasteiger partial charge in [0.2, 0.25) is 0 Å². The first-order valence-corrected chi connectivity index (χ1v) is 8.65. The van der Waals surface area contributed by atoms with E-state index in [2.05, 4.69) is 34.3 Å². The highest BCUT2D eigenvalue weighted by Gasteiger charge is 2.25. The van der Waals surface area contributed by atoms with Crippen LogP contribution < -0.4 is 10.5 Å². The Morgan fingerprint density at radius 3 is 2.92 bits per heavy atom. The van der Waals surface area contributed by atoms with Crippen LogP contribution in [0.2, 0.25) is 5.02 Å². The van der Waals surface area contributed by atoms with Crippen molar-refractivity contribution in [2.45, 2.75) is 25.4 Å². The van der Waals surface area contributed by atoms with E-state index >= 15 is 0 Å². The number of nitrogens with zero attached hydrogens (tertiary/aromatic N) is 3. The standard InChI is InChI=1S/C18H22ClN3O2/c1-21-18(23)17(19)16(12-20-21)22-10-9-15(13-22)24-11-5-8-14-6-3-2-4-7-14/h2-4,6-7,12,15H,5,8-11,13H2,1H3/t15-/m0/s1. The maximum absolute atomic E-state index is 11.9. The Hall–Kier alpha value is -1.85. The molecule has 0 aliphatic carbocycles. The summed E-state index contributed by atoms with van der Waals surface area (Å²) in [7, 11) is 1.60. The van der Waals surface area contributed by atoms with E-state index in [1.807, 2.05) is 6.07 Å². The van der Waals surface area contributed by atoms with Crippen molar-refractivity contribution in [2.24, 2.45) is 7.05 Å². The van der Waals surface area contributed by atoms with Gasteiger partial charge in [0.25, 0.3) is 5.56 Å². The lowest BCUT2D eigenvalue weighted by molar-refractivity contribution is 0.0667. The van der Waals surface area contributed by atoms with E-state index in [0.29, 0.717) is 5.69 Å². The third kappa shape index (κ3) is 3.97. The quantitative estimate of drug-likeness (QED) is 0.754. The number of ether oxygens (including phenoxy) is 1. The Balaban J connectivity index is 1.47. The molecule has 1 aromatic heterocycles. The summed E-state index contributed by atoms with van der Waals surface area (Å²) in [5.41, 5.74) is 1.78. The van der Waals surface area contributed by atoms with Crippen LogP contribution in [0.5, 0.6) is 0 Å². The molecule has 128 valence electrons. The van der Waals surface area contributed by atoms with Gasteiger partial charge in [-0.25, -0.2) is 4.68 Å². The maximum atomic E-state index is 11.9. The van der Waals surface area contributed by atoms with Gasteiger partial charge in [-0.05, 0) is 24.8 Å². The zero-order valence-electron chi connectivity index (χ0n) is 13.8. The van der Waals surface area contributed by atoms with Gasteiger partial charge in [0.05, 0.1) is 18.0 Å². The molecular formula is C18H22ClN3O2. The fourth-order valence-electron chi connectivity index (χ4n) is 2.98. The van der Waals surface area contributed by atoms with Crippen molar-refractivity contribution in [2.75, 3.05) is 24.6 Å². The molecule has 2 heterocycles. The zero-order chi connectivity index (χ0) is 16.9. The van der Waals surface area contributed by atoms with E-state index in [0.717, 1.165) is 39.0 Å². The van der Waals surface area contributed by atoms with Gasteiger partial charge in [0, 0.05) is 26.7 Å². The Bertz CT molecular complexity index is 733. The minimum absolute atomic E-state index is 0.181. The molecule has 24 heavy (non-hydrogen) atoms. The number of aromatic nitrogens is 2. The van der Waals surface area contributed by atoms with Gasteiger partial charge in [-0.1, -0.05) is 41.9 Å². The Labute approximate surface area is 146 Å². The summed E-state index contributed by atoms with van der Waals surface area (Å²) in [6.45, 7) is 2.33. The van der Waals surface area contributed by atoms with Gasteiger partial charge in [-0.15, -0.1) is 0 Å². The number of hydrogen-bond acceptors (Lipinski definition) is 4. The van der Waals surface area contributed by atoms with Crippen molar-refractivity contribution in [1.29, 1.82) is 0 Å². The highest BCUT2D eigenvalue weighted by molar-refractivity contribution is 6.33. The van der Waals surface area contributed by atoms with E-state index in [1.54, 1.807) is 13.2 Å². The number of hydrogen-bond donors (Lipinski definition) is 0. The smallest absolute Gasteiger partial charge is 0.287 e. The van der Waals surface area contributed by atoms with Crippen LogP contribution in [-0.2, 0) is 18.2 Å². The van der Waals surface area contributed by atoms with Crippen LogP contribution in [0.4, 0.5) is 5.69 Å². The summed E-state index contributed by atoms with van der Waals surface area (Å²) in [6.07, 6.45) is 4.82. The Kier molecular flexibility index (Phi) is 5.53. The van der Waals surface area contributed by atoms with Crippen LogP contribution in [0, 0.1) is 0 Å². The van der Waals surface area contributed by atoms with E-state index in [1.165, 1.54) is 10.2 Å². The van der Waals surface area contributed by atoms with Gasteiger partial charge in [0.15, 0.2) is 0 Å². The van der Waals surface area contributed by atoms with Crippen LogP contribution in [0.15, 0.2) is 41.3 Å². The second-order valence-corrected chi connectivity index (χ2v) is 6.47. The molecule has 3 rings (SSSR count). The van der Waals surface area contributed by atoms with Gasteiger partial charge in [-0.3, -0.25) is 4.79 Å². The molecule has 1 aliphatic heterocycles. The van der Waals surface area contributed by atoms with E-state index in [-0.39, 0.29) is 16.7 Å². The molecule has 1 saturated heterocycles. The maximum Gasteiger partial charge on any atom is 0.287 e. The monoisotopic (exact) mass is 347 g/mol. The molecule has 1 aromatic carbocycles. The molecule has 0 N–H and O–H groups in total. The van der Waals surface area contributed by atoms with Gasteiger partial charge >= 0.3 is 0 Å². The average Bonchev–Trinajstić information content (AvgIpc) is 3.06. The molecule has 1 fully saturated rings. The van der Waals surface area contributed by atoms with Gasteiger partial charge in [-0.2, -0.15) is 5.10 Å². The SMILES string of the molecule is Cn1ncc(N2CC[C@H](OCCCc3ccccc3)C2)c(Cl)c1=O. The third-order valence-electron chi connectivity index (χ3n) is 4.35. The first-order valence-electron chi connectivity index (χ1n) is 8.27. The predicted molar refractivity (Wildman–Crippen MR) is 95.8 cm³/mol. The van der Waals surface area contributed by atoms with Crippen molar-refractivity contribution in [3.05, 3.63) is 57.5 Å². The summed E-state index contributed by atoms with van der Waals surface area (Å²) >= 11 is 6.17. The van der Waals surface area contributed by atoms with Crippen molar-refractivity contribution in [3.8, 4) is 0 Å². The summed E-state index contributed by atoms with van der Waals surface area (Å²) in [4.78, 5) is 14.0. The second kappa shape index (κ2) is 7.81. The van der Waals surface area contributed by atoms with Crippen molar-refractivity contribution >= 4 is 17.3 Å². The topological polar surface area (TPSA) is 47.4 Å². The lowest BCUT2D eigenvalue weighted by Gasteiger charge is -2.19. The van der Waals surface area contributed by atoms with Gasteiger partial charge < -0.3 is 9.64 Å². The largest absolute Gasteiger partial charge is 0.376 e. The fraction of sp³-hybridized carbons (Fsp3) is 0.444. The van der Waals surface area contributed by atoms with Crippen LogP contribution in [-0.4, -0.2) is 35.6 Å². The molecule has 5 nitrogen and oxygen atoms in total. The van der Waals surface area contributed by atoms with E-state index in [9.17, 15) is 4.79 Å². The molecule has 0 bridgehead atoms. The fourth-order valence-corrected chi connectivity index (χ4v) is 3.27. The van der Waals surface area contributed by atoms with Gasteiger partial charge in [0.1, 0.15) is 5.02 Å². The number of rotatable bonds is 6. The molecular weight excluding hydrogens is 326 g/mol. The molecule has 0 amide bonds. The normalized spacial score (nSPS) is 17.4. The first kappa shape index (κ1) is 17.0. The molecule has 0 spiro atoms. The molecule has 1 aliphatic rings. The average molecular weight is 348 g/mol. The van der Waals surface area contributed by atoms with Crippen LogP contribution in [0.1, 0.15) is 18.4 Å². The second-order valence-electron chi connectivity index (χ2n) is 6.09. The highest BCUT2D eigenvalue weighted by Crippen LogP contribution is 2.26. The number of halogens is 1. The summed E-state index contributed by atoms with van der Waals surface area (Å²) in [6, 6.07) is 10.4. The minimum Gasteiger partial charge on any atom is -0.376 e. The molecule has 2 aromatic rings. The van der Waals surface area contributed by atoms with Crippen LogP contribution >= 0.6 is 11.6 Å². The number of aryl methyl sites for hydroxylation is 2. The third-order valence-corrected chi connectivity index (χ3v) is 4.71. The van der Waals surface area contributed by atoms with Crippen molar-refractivity contribution < 1.29 is 4.74 Å². The van der Waals surface area contributed by atoms with Crippen LogP contribution in [0.25, 0.3) is 0 Å². The Morgan fingerprint density at radius 2 is 2.12 bits per heavy atom.